The summed E-state index contributed by atoms with van der Waals surface area (Å²) in [5, 5.41) is 1.97. The molecule has 1 fully saturated rings. The fourth-order valence-electron chi connectivity index (χ4n) is 2.31. The zero-order valence-corrected chi connectivity index (χ0v) is 12.8. The van der Waals surface area contributed by atoms with E-state index in [1.165, 1.54) is 0 Å². The number of sulfone groups is 1. The summed E-state index contributed by atoms with van der Waals surface area (Å²) in [5.74, 6) is 0.236. The van der Waals surface area contributed by atoms with Gasteiger partial charge >= 0.3 is 0 Å². The number of hydrogen-bond donors (Lipinski definition) is 0. The Morgan fingerprint density at radius 2 is 2.26 bits per heavy atom. The van der Waals surface area contributed by atoms with Crippen molar-refractivity contribution in [2.45, 2.75) is 32.9 Å². The Balaban J connectivity index is 2.17. The summed E-state index contributed by atoms with van der Waals surface area (Å²) < 4.78 is 23.2. The number of amides is 1. The van der Waals surface area contributed by atoms with Crippen LogP contribution in [0.5, 0.6) is 0 Å². The summed E-state index contributed by atoms with van der Waals surface area (Å²) in [6.45, 7) is 4.23. The molecule has 19 heavy (non-hydrogen) atoms. The van der Waals surface area contributed by atoms with E-state index in [0.29, 0.717) is 13.0 Å². The zero-order chi connectivity index (χ0) is 14.0. The molecule has 0 radical (unpaired) electrons. The highest BCUT2D eigenvalue weighted by atomic mass is 32.2. The summed E-state index contributed by atoms with van der Waals surface area (Å²) in [6, 6.07) is 3.76. The van der Waals surface area contributed by atoms with Crippen LogP contribution in [0.4, 0.5) is 0 Å². The van der Waals surface area contributed by atoms with Gasteiger partial charge in [0.1, 0.15) is 0 Å². The quantitative estimate of drug-likeness (QED) is 0.854. The molecule has 1 amide bonds. The van der Waals surface area contributed by atoms with Crippen molar-refractivity contribution in [3.05, 3.63) is 22.4 Å². The van der Waals surface area contributed by atoms with Crippen LogP contribution >= 0.6 is 11.3 Å². The van der Waals surface area contributed by atoms with E-state index in [1.807, 2.05) is 31.4 Å². The molecule has 1 saturated heterocycles. The third-order valence-electron chi connectivity index (χ3n) is 3.33. The van der Waals surface area contributed by atoms with E-state index in [9.17, 15) is 13.2 Å². The van der Waals surface area contributed by atoms with Gasteiger partial charge in [-0.15, -0.1) is 11.3 Å². The Morgan fingerprint density at radius 1 is 1.53 bits per heavy atom. The predicted molar refractivity (Wildman–Crippen MR) is 76.8 cm³/mol. The van der Waals surface area contributed by atoms with Crippen molar-refractivity contribution in [2.75, 3.05) is 11.5 Å². The van der Waals surface area contributed by atoms with E-state index < -0.39 is 9.84 Å². The van der Waals surface area contributed by atoms with Gasteiger partial charge in [-0.3, -0.25) is 4.79 Å². The number of thiophene rings is 1. The third-order valence-corrected chi connectivity index (χ3v) is 5.94. The second-order valence-electron chi connectivity index (χ2n) is 5.26. The Bertz CT molecular complexity index is 534. The van der Waals surface area contributed by atoms with E-state index in [-0.39, 0.29) is 29.4 Å². The Hall–Kier alpha value is -0.880. The molecular formula is C13H19NO3S2. The largest absolute Gasteiger partial charge is 0.333 e. The van der Waals surface area contributed by atoms with Crippen molar-refractivity contribution in [3.8, 4) is 0 Å². The lowest BCUT2D eigenvalue weighted by molar-refractivity contribution is -0.137. The van der Waals surface area contributed by atoms with Gasteiger partial charge in [0.05, 0.1) is 18.1 Å². The second-order valence-corrected chi connectivity index (χ2v) is 8.52. The molecule has 0 unspecified atom stereocenters. The average Bonchev–Trinajstić information content (AvgIpc) is 2.94. The molecule has 1 aliphatic heterocycles. The number of hydrogen-bond acceptors (Lipinski definition) is 4. The van der Waals surface area contributed by atoms with Gasteiger partial charge in [0.2, 0.25) is 5.91 Å². The first-order valence-electron chi connectivity index (χ1n) is 6.42. The minimum atomic E-state index is -2.97. The lowest BCUT2D eigenvalue weighted by Crippen LogP contribution is -2.42. The highest BCUT2D eigenvalue weighted by Crippen LogP contribution is 2.23. The van der Waals surface area contributed by atoms with Gasteiger partial charge in [-0.25, -0.2) is 8.42 Å². The van der Waals surface area contributed by atoms with Gasteiger partial charge in [0, 0.05) is 16.8 Å². The molecule has 0 bridgehead atoms. The first-order valence-corrected chi connectivity index (χ1v) is 9.12. The van der Waals surface area contributed by atoms with Gasteiger partial charge in [-0.1, -0.05) is 19.9 Å². The van der Waals surface area contributed by atoms with Crippen LogP contribution in [0.25, 0.3) is 0 Å². The van der Waals surface area contributed by atoms with Gasteiger partial charge in [-0.2, -0.15) is 0 Å². The summed E-state index contributed by atoms with van der Waals surface area (Å²) >= 11 is 1.60. The zero-order valence-electron chi connectivity index (χ0n) is 11.2. The molecule has 1 aromatic rings. The van der Waals surface area contributed by atoms with Crippen molar-refractivity contribution in [3.63, 3.8) is 0 Å². The van der Waals surface area contributed by atoms with E-state index >= 15 is 0 Å². The van der Waals surface area contributed by atoms with E-state index in [1.54, 1.807) is 16.2 Å². The Morgan fingerprint density at radius 3 is 2.74 bits per heavy atom. The molecule has 0 N–H and O–H groups in total. The lowest BCUT2D eigenvalue weighted by atomic mass is 10.1. The van der Waals surface area contributed by atoms with Crippen molar-refractivity contribution >= 4 is 27.1 Å². The van der Waals surface area contributed by atoms with Crippen LogP contribution in [0.1, 0.15) is 25.1 Å². The van der Waals surface area contributed by atoms with Crippen molar-refractivity contribution in [1.29, 1.82) is 0 Å². The topological polar surface area (TPSA) is 54.5 Å². The molecule has 1 aromatic heterocycles. The van der Waals surface area contributed by atoms with Gasteiger partial charge in [0.15, 0.2) is 9.84 Å². The molecule has 1 aliphatic rings. The Labute approximate surface area is 118 Å². The number of carbonyl (C=O) groups is 1. The minimum absolute atomic E-state index is 0.0375. The number of rotatable bonds is 4. The average molecular weight is 301 g/mol. The van der Waals surface area contributed by atoms with Crippen molar-refractivity contribution in [1.82, 2.24) is 4.90 Å². The highest BCUT2D eigenvalue weighted by molar-refractivity contribution is 7.91. The van der Waals surface area contributed by atoms with Crippen LogP contribution in [0.15, 0.2) is 17.5 Å². The fourth-order valence-corrected chi connectivity index (χ4v) is 4.74. The van der Waals surface area contributed by atoms with Crippen LogP contribution in [0.2, 0.25) is 0 Å². The smallest absolute Gasteiger partial charge is 0.225 e. The van der Waals surface area contributed by atoms with E-state index in [0.717, 1.165) is 4.88 Å². The lowest BCUT2D eigenvalue weighted by Gasteiger charge is -2.29. The molecule has 0 aliphatic carbocycles. The first kappa shape index (κ1) is 14.5. The van der Waals surface area contributed by atoms with Crippen molar-refractivity contribution in [2.24, 2.45) is 5.92 Å². The normalized spacial score (nSPS) is 21.7. The minimum Gasteiger partial charge on any atom is -0.333 e. The van der Waals surface area contributed by atoms with E-state index in [2.05, 4.69) is 0 Å². The molecule has 0 spiro atoms. The fraction of sp³-hybridized carbons (Fsp3) is 0.615. The summed E-state index contributed by atoms with van der Waals surface area (Å²) in [6.07, 6.45) is 0.562. The van der Waals surface area contributed by atoms with E-state index in [4.69, 9.17) is 0 Å². The highest BCUT2D eigenvalue weighted by Gasteiger charge is 2.35. The van der Waals surface area contributed by atoms with Crippen LogP contribution in [-0.2, 0) is 21.2 Å². The van der Waals surface area contributed by atoms with Gasteiger partial charge < -0.3 is 4.90 Å². The second kappa shape index (κ2) is 5.63. The summed E-state index contributed by atoms with van der Waals surface area (Å²) in [5.41, 5.74) is 0. The molecule has 6 heteroatoms. The maximum absolute atomic E-state index is 12.3. The third kappa shape index (κ3) is 3.57. The van der Waals surface area contributed by atoms with Crippen molar-refractivity contribution < 1.29 is 13.2 Å². The standard InChI is InChI=1S/C13H19NO3S2/c1-10(2)13(15)14(8-12-4-3-6-18-12)11-5-7-19(16,17)9-11/h3-4,6,10-11H,5,7-9H2,1-2H3/t11-/m1/s1. The molecule has 0 saturated carbocycles. The van der Waals surface area contributed by atoms with Gasteiger partial charge in [-0.05, 0) is 17.9 Å². The molecule has 2 heterocycles. The SMILES string of the molecule is CC(C)C(=O)N(Cc1cccs1)[C@@H]1CCS(=O)(=O)C1. The van der Waals surface area contributed by atoms with Crippen LogP contribution in [0.3, 0.4) is 0 Å². The first-order chi connectivity index (χ1) is 8.89. The number of carbonyl (C=O) groups excluding carboxylic acids is 1. The van der Waals surface area contributed by atoms with Crippen LogP contribution in [-0.4, -0.2) is 36.8 Å². The maximum atomic E-state index is 12.3. The van der Waals surface area contributed by atoms with Crippen LogP contribution < -0.4 is 0 Å². The van der Waals surface area contributed by atoms with Gasteiger partial charge in [0.25, 0.3) is 0 Å². The summed E-state index contributed by atoms with van der Waals surface area (Å²) in [4.78, 5) is 15.1. The molecule has 106 valence electrons. The molecule has 2 rings (SSSR count). The predicted octanol–water partition coefficient (Wildman–Crippen LogP) is 1.92. The number of nitrogens with zero attached hydrogens (tertiary/aromatic N) is 1. The Kier molecular flexibility index (Phi) is 4.30. The molecule has 1 atom stereocenters. The monoisotopic (exact) mass is 301 g/mol. The molecule has 4 nitrogen and oxygen atoms in total. The molecular weight excluding hydrogens is 282 g/mol. The maximum Gasteiger partial charge on any atom is 0.225 e. The van der Waals surface area contributed by atoms with Crippen LogP contribution in [0, 0.1) is 5.92 Å². The molecule has 0 aromatic carbocycles. The summed E-state index contributed by atoms with van der Waals surface area (Å²) in [7, 11) is -2.97.